The van der Waals surface area contributed by atoms with E-state index in [4.69, 9.17) is 11.6 Å². The van der Waals surface area contributed by atoms with E-state index < -0.39 is 5.95 Å². The molecule has 3 aromatic heterocycles. The predicted molar refractivity (Wildman–Crippen MR) is 153 cm³/mol. The first kappa shape index (κ1) is 28.1. The van der Waals surface area contributed by atoms with Crippen LogP contribution in [0, 0.1) is 5.95 Å². The van der Waals surface area contributed by atoms with Gasteiger partial charge >= 0.3 is 0 Å². The van der Waals surface area contributed by atoms with E-state index in [-0.39, 0.29) is 8.80 Å². The lowest BCUT2D eigenvalue weighted by atomic mass is 10.0. The fourth-order valence-electron chi connectivity index (χ4n) is 5.10. The van der Waals surface area contributed by atoms with Crippen molar-refractivity contribution < 1.29 is 4.39 Å². The molecule has 1 N–H and O–H groups in total. The van der Waals surface area contributed by atoms with Gasteiger partial charge in [0.15, 0.2) is 0 Å². The van der Waals surface area contributed by atoms with Crippen molar-refractivity contribution in [2.75, 3.05) is 0 Å². The summed E-state index contributed by atoms with van der Waals surface area (Å²) in [5, 5.41) is 1.74. The number of halogens is 2. The Balaban J connectivity index is 0.000000308. The molecule has 4 rings (SSSR count). The van der Waals surface area contributed by atoms with Crippen LogP contribution in [0.15, 0.2) is 60.9 Å². The Morgan fingerprint density at radius 3 is 2.14 bits per heavy atom. The van der Waals surface area contributed by atoms with E-state index in [9.17, 15) is 4.39 Å². The first-order valence-electron chi connectivity index (χ1n) is 12.8. The Bertz CT molecular complexity index is 1230. The zero-order chi connectivity index (χ0) is 26.2. The highest BCUT2D eigenvalue weighted by Crippen LogP contribution is 2.29. The van der Waals surface area contributed by atoms with Crippen molar-refractivity contribution >= 4 is 31.4 Å². The molecule has 6 heteroatoms. The number of hydrogen-bond donors (Lipinski definition) is 1. The first-order chi connectivity index (χ1) is 17.2. The third-order valence-corrected chi connectivity index (χ3v) is 10.9. The Hall–Kier alpha value is -2.50. The molecule has 3 nitrogen and oxygen atoms in total. The SMILES string of the molecule is CC(C)[Si](C(C)C)C(C)C.Fc1nc(CCc2ccccc2Cl)ccc1Cc1c[nH]c2ncccc12. The van der Waals surface area contributed by atoms with Crippen molar-refractivity contribution in [3.63, 3.8) is 0 Å². The highest BCUT2D eigenvalue weighted by molar-refractivity contribution is 6.63. The Morgan fingerprint density at radius 2 is 1.53 bits per heavy atom. The Morgan fingerprint density at radius 1 is 0.833 bits per heavy atom. The minimum Gasteiger partial charge on any atom is -0.346 e. The largest absolute Gasteiger partial charge is 0.346 e. The van der Waals surface area contributed by atoms with Gasteiger partial charge in [-0.3, -0.25) is 0 Å². The molecule has 4 aromatic rings. The summed E-state index contributed by atoms with van der Waals surface area (Å²) in [5.41, 5.74) is 6.99. The van der Waals surface area contributed by atoms with Gasteiger partial charge in [0.1, 0.15) is 5.65 Å². The lowest BCUT2D eigenvalue weighted by molar-refractivity contribution is 0.563. The lowest BCUT2D eigenvalue weighted by Gasteiger charge is -2.26. The van der Waals surface area contributed by atoms with E-state index in [2.05, 4.69) is 56.5 Å². The van der Waals surface area contributed by atoms with Crippen molar-refractivity contribution in [1.82, 2.24) is 15.0 Å². The lowest BCUT2D eigenvalue weighted by Crippen LogP contribution is -2.24. The molecule has 1 aromatic carbocycles. The molecule has 3 heterocycles. The van der Waals surface area contributed by atoms with Gasteiger partial charge < -0.3 is 4.98 Å². The maximum atomic E-state index is 14.5. The topological polar surface area (TPSA) is 41.6 Å². The quantitative estimate of drug-likeness (QED) is 0.185. The first-order valence-corrected chi connectivity index (χ1v) is 14.9. The molecule has 0 spiro atoms. The fourth-order valence-corrected chi connectivity index (χ4v) is 9.33. The minimum absolute atomic E-state index is 0.0957. The number of hydrogen-bond acceptors (Lipinski definition) is 2. The van der Waals surface area contributed by atoms with E-state index in [1.54, 1.807) is 6.20 Å². The second kappa shape index (κ2) is 13.2. The van der Waals surface area contributed by atoms with E-state index >= 15 is 0 Å². The number of nitrogens with zero attached hydrogens (tertiary/aromatic N) is 2. The molecule has 0 atom stereocenters. The van der Waals surface area contributed by atoms with Gasteiger partial charge in [-0.15, -0.1) is 0 Å². The fraction of sp³-hybridized carbons (Fsp3) is 0.400. The zero-order valence-electron chi connectivity index (χ0n) is 22.3. The van der Waals surface area contributed by atoms with Crippen LogP contribution in [-0.4, -0.2) is 23.7 Å². The van der Waals surface area contributed by atoms with Crippen molar-refractivity contribution in [3.8, 4) is 0 Å². The third kappa shape index (κ3) is 7.50. The highest BCUT2D eigenvalue weighted by Gasteiger charge is 2.22. The summed E-state index contributed by atoms with van der Waals surface area (Å²) in [7, 11) is -0.0957. The second-order valence-corrected chi connectivity index (χ2v) is 15.1. The van der Waals surface area contributed by atoms with Gasteiger partial charge in [0.25, 0.3) is 0 Å². The number of aryl methyl sites for hydroxylation is 2. The maximum absolute atomic E-state index is 14.5. The van der Waals surface area contributed by atoms with Gasteiger partial charge in [0, 0.05) is 40.5 Å². The van der Waals surface area contributed by atoms with Crippen LogP contribution < -0.4 is 0 Å². The number of fused-ring (bicyclic) bond motifs is 1. The van der Waals surface area contributed by atoms with Crippen LogP contribution in [0.1, 0.15) is 63.9 Å². The van der Waals surface area contributed by atoms with Crippen LogP contribution in [0.5, 0.6) is 0 Å². The van der Waals surface area contributed by atoms with E-state index in [0.29, 0.717) is 18.4 Å². The standard InChI is InChI=1S/C21H17ClFN3.C9H21Si/c22-19-6-2-1-4-14(19)7-9-17-10-8-15(20(23)26-17)12-16-13-25-21-18(16)5-3-11-24-21;1-7(2)10(8(3)4)9(5)6/h1-6,8,10-11,13H,7,9,12H2,(H,24,25);7-9H,1-6H3. The van der Waals surface area contributed by atoms with E-state index in [0.717, 1.165) is 55.9 Å². The molecular weight excluding hydrogens is 485 g/mol. The van der Waals surface area contributed by atoms with Gasteiger partial charge in [0.2, 0.25) is 5.95 Å². The van der Waals surface area contributed by atoms with Gasteiger partial charge in [-0.05, 0) is 48.2 Å². The summed E-state index contributed by atoms with van der Waals surface area (Å²) in [5.74, 6) is -0.417. The molecule has 0 fully saturated rings. The summed E-state index contributed by atoms with van der Waals surface area (Å²) in [6.45, 7) is 14.2. The molecule has 0 aliphatic rings. The summed E-state index contributed by atoms with van der Waals surface area (Å²) in [4.78, 5) is 11.5. The average molecular weight is 523 g/mol. The third-order valence-electron chi connectivity index (χ3n) is 6.51. The monoisotopic (exact) mass is 522 g/mol. The van der Waals surface area contributed by atoms with Crippen LogP contribution in [-0.2, 0) is 19.3 Å². The van der Waals surface area contributed by atoms with Crippen molar-refractivity contribution in [2.24, 2.45) is 0 Å². The van der Waals surface area contributed by atoms with E-state index in [1.807, 2.05) is 54.7 Å². The molecule has 36 heavy (non-hydrogen) atoms. The smallest absolute Gasteiger partial charge is 0.216 e. The molecular formula is C30H38ClFN3Si. The zero-order valence-corrected chi connectivity index (χ0v) is 24.0. The normalized spacial score (nSPS) is 11.6. The van der Waals surface area contributed by atoms with Gasteiger partial charge in [-0.2, -0.15) is 4.39 Å². The Labute approximate surface area is 222 Å². The van der Waals surface area contributed by atoms with Crippen LogP contribution >= 0.6 is 11.6 Å². The summed E-state index contributed by atoms with van der Waals surface area (Å²) < 4.78 is 14.5. The van der Waals surface area contributed by atoms with Gasteiger partial charge in [-0.1, -0.05) is 94.0 Å². The minimum atomic E-state index is -0.417. The number of aromatic nitrogens is 3. The number of pyridine rings is 2. The molecule has 1 radical (unpaired) electrons. The molecule has 0 bridgehead atoms. The highest BCUT2D eigenvalue weighted by atomic mass is 35.5. The molecule has 0 saturated carbocycles. The van der Waals surface area contributed by atoms with Crippen LogP contribution in [0.3, 0.4) is 0 Å². The van der Waals surface area contributed by atoms with Gasteiger partial charge in [-0.25, -0.2) is 9.97 Å². The van der Waals surface area contributed by atoms with Crippen LogP contribution in [0.25, 0.3) is 11.0 Å². The molecule has 0 saturated heterocycles. The summed E-state index contributed by atoms with van der Waals surface area (Å²) in [6.07, 6.45) is 5.48. The summed E-state index contributed by atoms with van der Waals surface area (Å²) >= 11 is 6.17. The molecule has 191 valence electrons. The van der Waals surface area contributed by atoms with Gasteiger partial charge in [0.05, 0.1) is 8.80 Å². The average Bonchev–Trinajstić information content (AvgIpc) is 3.22. The van der Waals surface area contributed by atoms with Crippen LogP contribution in [0.4, 0.5) is 4.39 Å². The number of rotatable bonds is 8. The molecule has 0 aliphatic carbocycles. The number of H-pyrrole nitrogens is 1. The van der Waals surface area contributed by atoms with Crippen molar-refractivity contribution in [2.45, 2.75) is 77.4 Å². The van der Waals surface area contributed by atoms with Crippen molar-refractivity contribution in [1.29, 1.82) is 0 Å². The maximum Gasteiger partial charge on any atom is 0.216 e. The van der Waals surface area contributed by atoms with Crippen molar-refractivity contribution in [3.05, 3.63) is 94.3 Å². The Kier molecular flexibility index (Phi) is 10.3. The van der Waals surface area contributed by atoms with E-state index in [1.165, 1.54) is 0 Å². The second-order valence-electron chi connectivity index (χ2n) is 10.2. The van der Waals surface area contributed by atoms with Crippen LogP contribution in [0.2, 0.25) is 21.6 Å². The number of benzene rings is 1. The molecule has 0 aliphatic heterocycles. The number of aromatic amines is 1. The molecule has 0 amide bonds. The summed E-state index contributed by atoms with van der Waals surface area (Å²) in [6, 6.07) is 15.3. The predicted octanol–water partition coefficient (Wildman–Crippen LogP) is 8.84. The molecule has 0 unspecified atom stereocenters. The number of nitrogens with one attached hydrogen (secondary N) is 1.